The Kier molecular flexibility index (Phi) is 7.63. The predicted octanol–water partition coefficient (Wildman–Crippen LogP) is 3.16. The molecule has 32 heavy (non-hydrogen) atoms. The fraction of sp³-hybridized carbons (Fsp3) is 0.435. The van der Waals surface area contributed by atoms with Crippen LogP contribution in [0.25, 0.3) is 0 Å². The minimum atomic E-state index is -3.67. The van der Waals surface area contributed by atoms with Gasteiger partial charge in [0, 0.05) is 26.7 Å². The molecule has 0 spiro atoms. The molecule has 0 atom stereocenters. The minimum Gasteiger partial charge on any atom is -0.496 e. The zero-order valence-electron chi connectivity index (χ0n) is 19.0. The van der Waals surface area contributed by atoms with Crippen molar-refractivity contribution < 1.29 is 27.4 Å². The molecule has 0 N–H and O–H groups in total. The van der Waals surface area contributed by atoms with Crippen LogP contribution < -0.4 is 14.2 Å². The summed E-state index contributed by atoms with van der Waals surface area (Å²) in [7, 11) is 2.56. The Hall–Kier alpha value is -2.78. The van der Waals surface area contributed by atoms with Gasteiger partial charge in [-0.3, -0.25) is 4.79 Å². The molecule has 0 unspecified atom stereocenters. The first-order valence-electron chi connectivity index (χ1n) is 10.5. The van der Waals surface area contributed by atoms with Gasteiger partial charge in [0.05, 0.1) is 31.8 Å². The average molecular weight is 463 g/mol. The molecule has 1 aliphatic heterocycles. The van der Waals surface area contributed by atoms with E-state index in [0.717, 1.165) is 24.8 Å². The van der Waals surface area contributed by atoms with Crippen LogP contribution in [0.2, 0.25) is 0 Å². The van der Waals surface area contributed by atoms with Gasteiger partial charge in [-0.2, -0.15) is 4.31 Å². The number of rotatable bonds is 8. The van der Waals surface area contributed by atoms with Crippen molar-refractivity contribution in [2.24, 2.45) is 0 Å². The molecule has 1 saturated heterocycles. The monoisotopic (exact) mass is 462 g/mol. The van der Waals surface area contributed by atoms with Crippen LogP contribution in [0.5, 0.6) is 17.2 Å². The highest BCUT2D eigenvalue weighted by Gasteiger charge is 2.28. The van der Waals surface area contributed by atoms with Gasteiger partial charge in [-0.15, -0.1) is 0 Å². The fourth-order valence-electron chi connectivity index (χ4n) is 3.80. The normalized spacial score (nSPS) is 14.6. The predicted molar refractivity (Wildman–Crippen MR) is 121 cm³/mol. The standard InChI is InChI=1S/C23H30N2O6S/c1-24(16-17-8-10-21(30-3)22(14-17)31-4)23(26)19-15-18(9-11-20(19)29-2)32(27,28)25-12-6-5-7-13-25/h8-11,14-15H,5-7,12-13,16H2,1-4H3. The Morgan fingerprint density at radius 1 is 0.906 bits per heavy atom. The van der Waals surface area contributed by atoms with Crippen molar-refractivity contribution in [3.8, 4) is 17.2 Å². The molecule has 1 amide bonds. The number of hydrogen-bond donors (Lipinski definition) is 0. The third-order valence-corrected chi connectivity index (χ3v) is 7.46. The van der Waals surface area contributed by atoms with Crippen LogP contribution in [0.15, 0.2) is 41.3 Å². The lowest BCUT2D eigenvalue weighted by Gasteiger charge is -2.26. The highest BCUT2D eigenvalue weighted by Crippen LogP contribution is 2.30. The Balaban J connectivity index is 1.87. The number of benzene rings is 2. The molecule has 1 aliphatic rings. The summed E-state index contributed by atoms with van der Waals surface area (Å²) in [5.41, 5.74) is 1.04. The van der Waals surface area contributed by atoms with Gasteiger partial charge in [-0.05, 0) is 48.7 Å². The van der Waals surface area contributed by atoms with E-state index >= 15 is 0 Å². The second-order valence-electron chi connectivity index (χ2n) is 7.68. The first-order valence-corrected chi connectivity index (χ1v) is 11.9. The minimum absolute atomic E-state index is 0.100. The maximum absolute atomic E-state index is 13.2. The fourth-order valence-corrected chi connectivity index (χ4v) is 5.34. The molecular formula is C23H30N2O6S. The molecule has 3 rings (SSSR count). The van der Waals surface area contributed by atoms with E-state index in [-0.39, 0.29) is 16.4 Å². The molecule has 8 nitrogen and oxygen atoms in total. The summed E-state index contributed by atoms with van der Waals surface area (Å²) in [6.45, 7) is 1.29. The molecule has 2 aromatic carbocycles. The zero-order chi connectivity index (χ0) is 23.3. The molecule has 0 radical (unpaired) electrons. The molecule has 1 fully saturated rings. The molecule has 0 saturated carbocycles. The Bertz CT molecular complexity index is 1060. The van der Waals surface area contributed by atoms with Crippen molar-refractivity contribution in [3.63, 3.8) is 0 Å². The Morgan fingerprint density at radius 3 is 2.16 bits per heavy atom. The van der Waals surface area contributed by atoms with Gasteiger partial charge in [-0.1, -0.05) is 12.5 Å². The third kappa shape index (κ3) is 4.99. The quantitative estimate of drug-likeness (QED) is 0.599. The van der Waals surface area contributed by atoms with Crippen LogP contribution in [0.4, 0.5) is 0 Å². The number of piperidine rings is 1. The summed E-state index contributed by atoms with van der Waals surface area (Å²) in [5.74, 6) is 1.15. The summed E-state index contributed by atoms with van der Waals surface area (Å²) in [5, 5.41) is 0. The van der Waals surface area contributed by atoms with E-state index in [1.165, 1.54) is 34.5 Å². The van der Waals surface area contributed by atoms with E-state index in [9.17, 15) is 13.2 Å². The first-order chi connectivity index (χ1) is 15.3. The van der Waals surface area contributed by atoms with E-state index in [0.29, 0.717) is 36.9 Å². The van der Waals surface area contributed by atoms with E-state index in [2.05, 4.69) is 0 Å². The van der Waals surface area contributed by atoms with Crippen molar-refractivity contribution in [2.75, 3.05) is 41.5 Å². The summed E-state index contributed by atoms with van der Waals surface area (Å²) in [6.07, 6.45) is 2.71. The van der Waals surface area contributed by atoms with E-state index in [1.54, 1.807) is 33.4 Å². The van der Waals surface area contributed by atoms with E-state index in [4.69, 9.17) is 14.2 Å². The highest BCUT2D eigenvalue weighted by atomic mass is 32.2. The van der Waals surface area contributed by atoms with Gasteiger partial charge in [-0.25, -0.2) is 8.42 Å². The van der Waals surface area contributed by atoms with Crippen molar-refractivity contribution >= 4 is 15.9 Å². The molecule has 174 valence electrons. The Morgan fingerprint density at radius 2 is 1.53 bits per heavy atom. The molecule has 9 heteroatoms. The lowest BCUT2D eigenvalue weighted by Crippen LogP contribution is -2.35. The molecule has 2 aromatic rings. The smallest absolute Gasteiger partial charge is 0.257 e. The second-order valence-corrected chi connectivity index (χ2v) is 9.62. The Labute approximate surface area is 189 Å². The highest BCUT2D eigenvalue weighted by molar-refractivity contribution is 7.89. The zero-order valence-corrected chi connectivity index (χ0v) is 19.8. The van der Waals surface area contributed by atoms with Gasteiger partial charge in [0.2, 0.25) is 10.0 Å². The van der Waals surface area contributed by atoms with Gasteiger partial charge in [0.1, 0.15) is 5.75 Å². The number of sulfonamides is 1. The van der Waals surface area contributed by atoms with Gasteiger partial charge in [0.25, 0.3) is 5.91 Å². The van der Waals surface area contributed by atoms with E-state index in [1.807, 2.05) is 6.07 Å². The van der Waals surface area contributed by atoms with Gasteiger partial charge >= 0.3 is 0 Å². The number of nitrogens with zero attached hydrogens (tertiary/aromatic N) is 2. The van der Waals surface area contributed by atoms with Crippen molar-refractivity contribution in [3.05, 3.63) is 47.5 Å². The number of hydrogen-bond acceptors (Lipinski definition) is 6. The lowest BCUT2D eigenvalue weighted by molar-refractivity contribution is 0.0781. The van der Waals surface area contributed by atoms with Crippen LogP contribution in [0.1, 0.15) is 35.2 Å². The topological polar surface area (TPSA) is 85.4 Å². The second kappa shape index (κ2) is 10.2. The number of ether oxygens (including phenoxy) is 3. The molecule has 0 bridgehead atoms. The lowest BCUT2D eigenvalue weighted by atomic mass is 10.1. The van der Waals surface area contributed by atoms with E-state index < -0.39 is 10.0 Å². The first kappa shape index (κ1) is 23.9. The van der Waals surface area contributed by atoms with Crippen molar-refractivity contribution in [1.82, 2.24) is 9.21 Å². The van der Waals surface area contributed by atoms with Crippen molar-refractivity contribution in [1.29, 1.82) is 0 Å². The van der Waals surface area contributed by atoms with Gasteiger partial charge < -0.3 is 19.1 Å². The van der Waals surface area contributed by atoms with Crippen LogP contribution in [-0.2, 0) is 16.6 Å². The van der Waals surface area contributed by atoms with Crippen LogP contribution in [0, 0.1) is 0 Å². The molecule has 1 heterocycles. The average Bonchev–Trinajstić information content (AvgIpc) is 2.83. The number of carbonyl (C=O) groups excluding carboxylic acids is 1. The van der Waals surface area contributed by atoms with Crippen LogP contribution in [0.3, 0.4) is 0 Å². The molecular weight excluding hydrogens is 432 g/mol. The summed E-state index contributed by atoms with van der Waals surface area (Å²) in [4.78, 5) is 14.9. The molecule has 0 aliphatic carbocycles. The van der Waals surface area contributed by atoms with Crippen molar-refractivity contribution in [2.45, 2.75) is 30.7 Å². The summed E-state index contributed by atoms with van der Waals surface area (Å²) < 4.78 is 43.6. The number of methoxy groups -OCH3 is 3. The maximum atomic E-state index is 13.2. The van der Waals surface area contributed by atoms with Gasteiger partial charge in [0.15, 0.2) is 11.5 Å². The molecule has 0 aromatic heterocycles. The third-order valence-electron chi connectivity index (χ3n) is 5.57. The number of amides is 1. The SMILES string of the molecule is COc1ccc(CN(C)C(=O)c2cc(S(=O)(=O)N3CCCCC3)ccc2OC)cc1OC. The van der Waals surface area contributed by atoms with Crippen LogP contribution in [-0.4, -0.2) is 65.0 Å². The maximum Gasteiger partial charge on any atom is 0.257 e. The summed E-state index contributed by atoms with van der Waals surface area (Å²) in [6, 6.07) is 9.87. The summed E-state index contributed by atoms with van der Waals surface area (Å²) >= 11 is 0. The number of carbonyl (C=O) groups is 1. The largest absolute Gasteiger partial charge is 0.496 e. The van der Waals surface area contributed by atoms with Crippen LogP contribution >= 0.6 is 0 Å².